The molecule has 2 aromatic heterocycles. The van der Waals surface area contributed by atoms with Crippen molar-refractivity contribution in [2.75, 3.05) is 4.90 Å². The van der Waals surface area contributed by atoms with Crippen LogP contribution in [-0.4, -0.2) is 4.98 Å². The second-order valence-electron chi connectivity index (χ2n) is 13.2. The topological polar surface area (TPSA) is 42.4 Å². The summed E-state index contributed by atoms with van der Waals surface area (Å²) in [4.78, 5) is 7.12. The first-order valence-electron chi connectivity index (χ1n) is 17.8. The van der Waals surface area contributed by atoms with Crippen LogP contribution >= 0.6 is 0 Å². The van der Waals surface area contributed by atoms with Crippen molar-refractivity contribution in [3.05, 3.63) is 194 Å². The molecule has 10 aromatic rings. The van der Waals surface area contributed by atoms with E-state index in [1.807, 2.05) is 36.4 Å². The van der Waals surface area contributed by atoms with Gasteiger partial charge in [0.25, 0.3) is 0 Å². The predicted octanol–water partition coefficient (Wildman–Crippen LogP) is 13.9. The second kappa shape index (κ2) is 12.9. The Kier molecular flexibility index (Phi) is 7.43. The first-order chi connectivity index (χ1) is 26.2. The van der Waals surface area contributed by atoms with Crippen LogP contribution in [0.3, 0.4) is 0 Å². The SMILES string of the molecule is c1ccc(-c2ccc(N(c3ccc(-c4cccc5c4oc4cc6oc(-c7ccccc7)nc6cc45)cc3)c3cccc(-c4ccccc4)c3)cc2)cc1. The maximum atomic E-state index is 6.58. The lowest BCUT2D eigenvalue weighted by Crippen LogP contribution is -2.10. The Bertz CT molecular complexity index is 2860. The summed E-state index contributed by atoms with van der Waals surface area (Å²) >= 11 is 0. The fourth-order valence-corrected chi connectivity index (χ4v) is 7.28. The molecule has 4 heteroatoms. The van der Waals surface area contributed by atoms with Crippen molar-refractivity contribution in [2.45, 2.75) is 0 Å². The highest BCUT2D eigenvalue weighted by atomic mass is 16.4. The summed E-state index contributed by atoms with van der Waals surface area (Å²) in [5.41, 5.74) is 14.1. The van der Waals surface area contributed by atoms with Crippen LogP contribution in [0.1, 0.15) is 0 Å². The zero-order valence-corrected chi connectivity index (χ0v) is 28.7. The van der Waals surface area contributed by atoms with Crippen LogP contribution < -0.4 is 4.90 Å². The van der Waals surface area contributed by atoms with Crippen molar-refractivity contribution in [3.63, 3.8) is 0 Å². The van der Waals surface area contributed by atoms with Crippen LogP contribution in [0.25, 0.3) is 77.9 Å². The van der Waals surface area contributed by atoms with Gasteiger partial charge in [-0.25, -0.2) is 4.98 Å². The molecular weight excluding hydrogens is 649 g/mol. The average Bonchev–Trinajstić information content (AvgIpc) is 3.82. The lowest BCUT2D eigenvalue weighted by atomic mass is 10.0. The number of furan rings is 1. The Hall–Kier alpha value is -7.17. The van der Waals surface area contributed by atoms with E-state index in [4.69, 9.17) is 13.8 Å². The monoisotopic (exact) mass is 680 g/mol. The second-order valence-corrected chi connectivity index (χ2v) is 13.2. The van der Waals surface area contributed by atoms with Gasteiger partial charge in [-0.2, -0.15) is 0 Å². The highest BCUT2D eigenvalue weighted by Gasteiger charge is 2.18. The molecular formula is C49H32N2O2. The molecule has 0 fully saturated rings. The summed E-state index contributed by atoms with van der Waals surface area (Å²) in [5, 5.41) is 2.06. The van der Waals surface area contributed by atoms with E-state index in [0.717, 1.165) is 61.2 Å². The molecule has 0 saturated carbocycles. The number of rotatable bonds is 7. The van der Waals surface area contributed by atoms with Crippen LogP contribution in [0.2, 0.25) is 0 Å². The van der Waals surface area contributed by atoms with Gasteiger partial charge < -0.3 is 13.7 Å². The number of oxazole rings is 1. The lowest BCUT2D eigenvalue weighted by Gasteiger charge is -2.26. The van der Waals surface area contributed by atoms with Crippen LogP contribution in [0, 0.1) is 0 Å². The van der Waals surface area contributed by atoms with Crippen molar-refractivity contribution in [3.8, 4) is 44.8 Å². The first kappa shape index (κ1) is 30.6. The van der Waals surface area contributed by atoms with Gasteiger partial charge in [0.15, 0.2) is 5.58 Å². The van der Waals surface area contributed by atoms with E-state index in [-0.39, 0.29) is 0 Å². The predicted molar refractivity (Wildman–Crippen MR) is 218 cm³/mol. The molecule has 0 spiro atoms. The van der Waals surface area contributed by atoms with Crippen LogP contribution in [0.15, 0.2) is 203 Å². The zero-order chi connectivity index (χ0) is 35.1. The van der Waals surface area contributed by atoms with Gasteiger partial charge in [-0.05, 0) is 82.4 Å². The van der Waals surface area contributed by atoms with Crippen molar-refractivity contribution in [1.82, 2.24) is 4.98 Å². The Balaban J connectivity index is 1.04. The van der Waals surface area contributed by atoms with Gasteiger partial charge in [0.2, 0.25) is 5.89 Å². The molecule has 0 radical (unpaired) electrons. The molecule has 0 atom stereocenters. The molecule has 0 bridgehead atoms. The number of nitrogens with zero attached hydrogens (tertiary/aromatic N) is 2. The Morgan fingerprint density at radius 1 is 0.358 bits per heavy atom. The van der Waals surface area contributed by atoms with Gasteiger partial charge in [-0.15, -0.1) is 0 Å². The van der Waals surface area contributed by atoms with Crippen molar-refractivity contribution < 1.29 is 8.83 Å². The fourth-order valence-electron chi connectivity index (χ4n) is 7.28. The molecule has 53 heavy (non-hydrogen) atoms. The molecule has 2 heterocycles. The molecule has 0 aliphatic carbocycles. The number of fused-ring (bicyclic) bond motifs is 4. The number of anilines is 3. The summed E-state index contributed by atoms with van der Waals surface area (Å²) in [7, 11) is 0. The smallest absolute Gasteiger partial charge is 0.227 e. The largest absolute Gasteiger partial charge is 0.455 e. The summed E-state index contributed by atoms with van der Waals surface area (Å²) in [5.74, 6) is 0.603. The van der Waals surface area contributed by atoms with E-state index in [1.165, 1.54) is 22.3 Å². The number of aromatic nitrogens is 1. The van der Waals surface area contributed by atoms with E-state index in [9.17, 15) is 0 Å². The normalized spacial score (nSPS) is 11.4. The van der Waals surface area contributed by atoms with Crippen LogP contribution in [0.4, 0.5) is 17.1 Å². The quantitative estimate of drug-likeness (QED) is 0.168. The van der Waals surface area contributed by atoms with Gasteiger partial charge in [0.1, 0.15) is 16.7 Å². The minimum absolute atomic E-state index is 0.603. The van der Waals surface area contributed by atoms with E-state index >= 15 is 0 Å². The zero-order valence-electron chi connectivity index (χ0n) is 28.7. The fraction of sp³-hybridized carbons (Fsp3) is 0. The highest BCUT2D eigenvalue weighted by molar-refractivity contribution is 6.12. The molecule has 0 amide bonds. The Morgan fingerprint density at radius 2 is 0.925 bits per heavy atom. The van der Waals surface area contributed by atoms with Crippen molar-refractivity contribution in [2.24, 2.45) is 0 Å². The minimum atomic E-state index is 0.603. The maximum absolute atomic E-state index is 6.58. The summed E-state index contributed by atoms with van der Waals surface area (Å²) < 4.78 is 12.7. The van der Waals surface area contributed by atoms with E-state index < -0.39 is 0 Å². The average molecular weight is 681 g/mol. The summed E-state index contributed by atoms with van der Waals surface area (Å²) in [6.07, 6.45) is 0. The maximum Gasteiger partial charge on any atom is 0.227 e. The molecule has 0 aliphatic rings. The lowest BCUT2D eigenvalue weighted by molar-refractivity contribution is 0.617. The highest BCUT2D eigenvalue weighted by Crippen LogP contribution is 2.41. The molecule has 250 valence electrons. The summed E-state index contributed by atoms with van der Waals surface area (Å²) in [6, 6.07) is 67.7. The summed E-state index contributed by atoms with van der Waals surface area (Å²) in [6.45, 7) is 0. The minimum Gasteiger partial charge on any atom is -0.455 e. The van der Waals surface area contributed by atoms with Crippen molar-refractivity contribution >= 4 is 50.1 Å². The molecule has 0 unspecified atom stereocenters. The molecule has 4 nitrogen and oxygen atoms in total. The van der Waals surface area contributed by atoms with Gasteiger partial charge >= 0.3 is 0 Å². The van der Waals surface area contributed by atoms with Crippen LogP contribution in [-0.2, 0) is 0 Å². The number of benzene rings is 8. The molecule has 0 aliphatic heterocycles. The third-order valence-corrected chi connectivity index (χ3v) is 9.91. The number of para-hydroxylation sites is 1. The molecule has 10 rings (SSSR count). The van der Waals surface area contributed by atoms with E-state index in [0.29, 0.717) is 11.5 Å². The third-order valence-electron chi connectivity index (χ3n) is 9.91. The van der Waals surface area contributed by atoms with Gasteiger partial charge in [-0.1, -0.05) is 133 Å². The number of hydrogen-bond donors (Lipinski definition) is 0. The van der Waals surface area contributed by atoms with E-state index in [1.54, 1.807) is 0 Å². The number of hydrogen-bond acceptors (Lipinski definition) is 4. The molecule has 0 N–H and O–H groups in total. The van der Waals surface area contributed by atoms with E-state index in [2.05, 4.69) is 163 Å². The van der Waals surface area contributed by atoms with Crippen molar-refractivity contribution in [1.29, 1.82) is 0 Å². The Morgan fingerprint density at radius 3 is 1.60 bits per heavy atom. The molecule has 0 saturated heterocycles. The standard InChI is InChI=1S/C49H32N2O2/c1-4-12-33(13-5-1)35-22-26-39(27-23-35)51(41-19-10-18-38(30-41)34-14-6-2-7-15-34)40-28-24-36(25-29-40)42-20-11-21-43-44-31-45-47(32-46(44)52-48(42)43)53-49(50-45)37-16-8-3-9-17-37/h1-32H. The van der Waals surface area contributed by atoms with Gasteiger partial charge in [0.05, 0.1) is 0 Å². The van der Waals surface area contributed by atoms with Gasteiger partial charge in [-0.3, -0.25) is 0 Å². The Labute approximate surface area is 306 Å². The third kappa shape index (κ3) is 5.63. The van der Waals surface area contributed by atoms with Crippen LogP contribution in [0.5, 0.6) is 0 Å². The first-order valence-corrected chi connectivity index (χ1v) is 17.8. The molecule has 8 aromatic carbocycles. The van der Waals surface area contributed by atoms with Gasteiger partial charge in [0, 0.05) is 45.0 Å².